The minimum absolute atomic E-state index is 0. The summed E-state index contributed by atoms with van der Waals surface area (Å²) in [5.41, 5.74) is 8.19. The first-order valence-corrected chi connectivity index (χ1v) is 12.0. The molecule has 5 N–H and O–H groups in total. The van der Waals surface area contributed by atoms with Gasteiger partial charge in [0.05, 0.1) is 13.1 Å². The molecule has 0 spiro atoms. The number of carbonyl (C=O) groups is 2. The van der Waals surface area contributed by atoms with Gasteiger partial charge in [-0.15, -0.1) is 12.4 Å². The van der Waals surface area contributed by atoms with Crippen LogP contribution in [-0.2, 0) is 11.3 Å². The van der Waals surface area contributed by atoms with Gasteiger partial charge >= 0.3 is 0 Å². The standard InChI is InChI=1S/C30H28N4O5.ClH/c1-38-26-17-21(13-16-25(26)39-24-10-6-5-9-23(24)30(36)37)27(29(35)33-18-19-7-3-2-4-8-19)34-22-14-11-20(12-15-22)28(31)32;/h2-17,27,34H,18H2,1H3,(H3,31,32)(H,33,35)(H,36,37);1H/p-1. The van der Waals surface area contributed by atoms with E-state index in [1.807, 2.05) is 30.3 Å². The molecule has 0 radical (unpaired) electrons. The highest BCUT2D eigenvalue weighted by Crippen LogP contribution is 2.36. The van der Waals surface area contributed by atoms with Crippen LogP contribution in [0.2, 0.25) is 0 Å². The lowest BCUT2D eigenvalue weighted by molar-refractivity contribution is -0.255. The Hall–Kier alpha value is -5.02. The van der Waals surface area contributed by atoms with Crippen LogP contribution in [0.3, 0.4) is 0 Å². The van der Waals surface area contributed by atoms with Crippen LogP contribution in [0.15, 0.2) is 97.1 Å². The number of carboxylic acid groups (broad SMARTS) is 1. The molecule has 10 heteroatoms. The number of aromatic carboxylic acids is 1. The number of para-hydroxylation sites is 1. The van der Waals surface area contributed by atoms with Gasteiger partial charge in [-0.25, -0.2) is 0 Å². The number of hydrogen-bond acceptors (Lipinski definition) is 7. The fourth-order valence-electron chi connectivity index (χ4n) is 3.89. The fourth-order valence-corrected chi connectivity index (χ4v) is 3.89. The third kappa shape index (κ3) is 7.30. The molecule has 0 fully saturated rings. The zero-order valence-corrected chi connectivity index (χ0v) is 22.4. The van der Waals surface area contributed by atoms with E-state index in [-0.39, 0.29) is 41.2 Å². The van der Waals surface area contributed by atoms with Gasteiger partial charge in [0, 0.05) is 23.4 Å². The Morgan fingerprint density at radius 2 is 1.57 bits per heavy atom. The predicted octanol–water partition coefficient (Wildman–Crippen LogP) is 4.03. The molecule has 1 atom stereocenters. The van der Waals surface area contributed by atoms with Gasteiger partial charge in [-0.05, 0) is 59.7 Å². The van der Waals surface area contributed by atoms with Crippen LogP contribution < -0.4 is 30.9 Å². The van der Waals surface area contributed by atoms with Crippen molar-refractivity contribution in [1.82, 2.24) is 5.32 Å². The Kier molecular flexibility index (Phi) is 10.1. The molecule has 0 saturated carbocycles. The molecule has 0 bridgehead atoms. The van der Waals surface area contributed by atoms with Gasteiger partial charge in [-0.2, -0.15) is 0 Å². The minimum atomic E-state index is -1.36. The fraction of sp³-hybridized carbons (Fsp3) is 0.100. The van der Waals surface area contributed by atoms with Crippen LogP contribution >= 0.6 is 12.4 Å². The van der Waals surface area contributed by atoms with Crippen molar-refractivity contribution >= 4 is 35.8 Å². The summed E-state index contributed by atoms with van der Waals surface area (Å²) in [5.74, 6) is -1.04. The molecule has 9 nitrogen and oxygen atoms in total. The van der Waals surface area contributed by atoms with E-state index in [4.69, 9.17) is 20.6 Å². The number of hydrogen-bond donors (Lipinski definition) is 4. The van der Waals surface area contributed by atoms with Gasteiger partial charge in [0.2, 0.25) is 5.91 Å². The van der Waals surface area contributed by atoms with Crippen LogP contribution in [0.1, 0.15) is 33.1 Å². The maximum atomic E-state index is 13.4. The van der Waals surface area contributed by atoms with Crippen molar-refractivity contribution < 1.29 is 24.2 Å². The molecule has 0 heterocycles. The second-order valence-corrected chi connectivity index (χ2v) is 8.57. The van der Waals surface area contributed by atoms with E-state index < -0.39 is 12.0 Å². The Bertz CT molecular complexity index is 1480. The van der Waals surface area contributed by atoms with Gasteiger partial charge in [0.25, 0.3) is 0 Å². The predicted molar refractivity (Wildman–Crippen MR) is 153 cm³/mol. The Labute approximate surface area is 237 Å². The lowest BCUT2D eigenvalue weighted by atomic mass is 10.0. The lowest BCUT2D eigenvalue weighted by Gasteiger charge is -2.22. The van der Waals surface area contributed by atoms with Crippen LogP contribution in [0.5, 0.6) is 17.2 Å². The lowest BCUT2D eigenvalue weighted by Crippen LogP contribution is -2.33. The topological polar surface area (TPSA) is 150 Å². The van der Waals surface area contributed by atoms with E-state index in [1.165, 1.54) is 19.2 Å². The molecule has 4 aromatic carbocycles. The van der Waals surface area contributed by atoms with Gasteiger partial charge in [0.1, 0.15) is 17.6 Å². The quantitative estimate of drug-likeness (QED) is 0.160. The first-order chi connectivity index (χ1) is 18.9. The molecule has 40 heavy (non-hydrogen) atoms. The minimum Gasteiger partial charge on any atom is -0.545 e. The maximum Gasteiger partial charge on any atom is 0.247 e. The maximum absolute atomic E-state index is 13.4. The number of nitrogens with one attached hydrogen (secondary N) is 3. The number of anilines is 1. The molecule has 4 aromatic rings. The summed E-state index contributed by atoms with van der Waals surface area (Å²) in [6.45, 7) is 0.333. The molecule has 4 rings (SSSR count). The van der Waals surface area contributed by atoms with E-state index in [2.05, 4.69) is 10.6 Å². The molecule has 1 amide bonds. The summed E-state index contributed by atoms with van der Waals surface area (Å²) in [4.78, 5) is 24.9. The highest BCUT2D eigenvalue weighted by molar-refractivity contribution is 5.95. The number of carbonyl (C=O) groups excluding carboxylic acids is 2. The van der Waals surface area contributed by atoms with Crippen molar-refractivity contribution in [2.75, 3.05) is 12.4 Å². The SMILES string of the molecule is COc1cc(C(Nc2ccc(C(=N)N)cc2)C(=O)NCc2ccccc2)ccc1Oc1ccccc1C(=O)[O-].Cl. The molecular formula is C30H28ClN4O5-. The average Bonchev–Trinajstić information content (AvgIpc) is 2.96. The Balaban J connectivity index is 0.00000441. The molecule has 0 aliphatic carbocycles. The second-order valence-electron chi connectivity index (χ2n) is 8.57. The van der Waals surface area contributed by atoms with Gasteiger partial charge in [0.15, 0.2) is 11.5 Å². The summed E-state index contributed by atoms with van der Waals surface area (Å²) in [6.07, 6.45) is 0. The highest BCUT2D eigenvalue weighted by Gasteiger charge is 2.23. The van der Waals surface area contributed by atoms with Crippen LogP contribution in [-0.4, -0.2) is 24.8 Å². The van der Waals surface area contributed by atoms with Crippen LogP contribution in [0.4, 0.5) is 5.69 Å². The van der Waals surface area contributed by atoms with Crippen LogP contribution in [0.25, 0.3) is 0 Å². The van der Waals surface area contributed by atoms with E-state index in [0.717, 1.165) is 5.56 Å². The van der Waals surface area contributed by atoms with Crippen LogP contribution in [0, 0.1) is 5.41 Å². The Morgan fingerprint density at radius 3 is 2.23 bits per heavy atom. The number of methoxy groups -OCH3 is 1. The summed E-state index contributed by atoms with van der Waals surface area (Å²) in [5, 5.41) is 25.3. The first-order valence-electron chi connectivity index (χ1n) is 12.0. The van der Waals surface area contributed by atoms with Crippen molar-refractivity contribution in [2.45, 2.75) is 12.6 Å². The molecule has 0 aliphatic heterocycles. The molecule has 1 unspecified atom stereocenters. The van der Waals surface area contributed by atoms with Crippen molar-refractivity contribution in [2.24, 2.45) is 5.73 Å². The third-order valence-corrected chi connectivity index (χ3v) is 5.93. The molecule has 206 valence electrons. The first kappa shape index (κ1) is 29.5. The van der Waals surface area contributed by atoms with Gasteiger partial charge in [-0.1, -0.05) is 48.5 Å². The zero-order valence-electron chi connectivity index (χ0n) is 21.5. The number of nitrogen functional groups attached to an aromatic ring is 1. The van der Waals surface area contributed by atoms with E-state index in [1.54, 1.807) is 54.6 Å². The van der Waals surface area contributed by atoms with E-state index in [0.29, 0.717) is 29.1 Å². The number of nitrogens with two attached hydrogens (primary N) is 1. The normalized spacial score (nSPS) is 10.9. The molecule has 0 saturated heterocycles. The number of ether oxygens (including phenoxy) is 2. The summed E-state index contributed by atoms with van der Waals surface area (Å²) in [6, 6.07) is 26.7. The van der Waals surface area contributed by atoms with Crippen molar-refractivity contribution in [1.29, 1.82) is 5.41 Å². The monoisotopic (exact) mass is 559 g/mol. The smallest absolute Gasteiger partial charge is 0.247 e. The summed E-state index contributed by atoms with van der Waals surface area (Å²) < 4.78 is 11.4. The van der Waals surface area contributed by atoms with E-state index >= 15 is 0 Å². The number of benzene rings is 4. The number of amidine groups is 1. The largest absolute Gasteiger partial charge is 0.545 e. The number of halogens is 1. The number of amides is 1. The van der Waals surface area contributed by atoms with Crippen molar-refractivity contribution in [3.05, 3.63) is 119 Å². The number of rotatable bonds is 11. The molecule has 0 aliphatic rings. The van der Waals surface area contributed by atoms with Crippen molar-refractivity contribution in [3.63, 3.8) is 0 Å². The second kappa shape index (κ2) is 13.7. The molecule has 0 aromatic heterocycles. The highest BCUT2D eigenvalue weighted by atomic mass is 35.5. The summed E-state index contributed by atoms with van der Waals surface area (Å²) in [7, 11) is 1.45. The van der Waals surface area contributed by atoms with Gasteiger partial charge < -0.3 is 35.7 Å². The van der Waals surface area contributed by atoms with Crippen molar-refractivity contribution in [3.8, 4) is 17.2 Å². The summed E-state index contributed by atoms with van der Waals surface area (Å²) >= 11 is 0. The Morgan fingerprint density at radius 1 is 0.900 bits per heavy atom. The zero-order chi connectivity index (χ0) is 27.8. The van der Waals surface area contributed by atoms with Gasteiger partial charge in [-0.3, -0.25) is 10.2 Å². The average molecular weight is 560 g/mol. The molecular weight excluding hydrogens is 532 g/mol. The van der Waals surface area contributed by atoms with E-state index in [9.17, 15) is 14.7 Å². The third-order valence-electron chi connectivity index (χ3n) is 5.93. The number of carboxylic acids is 1.